The number of nitrogens with two attached hydrogens (primary N) is 1. The number of nitrogens with one attached hydrogen (secondary N) is 1. The van der Waals surface area contributed by atoms with Crippen molar-refractivity contribution in [3.05, 3.63) is 35.9 Å². The number of esters is 1. The van der Waals surface area contributed by atoms with Crippen LogP contribution in [0.15, 0.2) is 30.3 Å². The molecule has 1 amide bonds. The lowest BCUT2D eigenvalue weighted by Gasteiger charge is -2.25. The topological polar surface area (TPSA) is 90.7 Å². The van der Waals surface area contributed by atoms with Crippen LogP contribution in [0.2, 0.25) is 0 Å². The maximum absolute atomic E-state index is 12.3. The van der Waals surface area contributed by atoms with Crippen LogP contribution in [-0.4, -0.2) is 34.2 Å². The third-order valence-electron chi connectivity index (χ3n) is 3.14. The van der Waals surface area contributed by atoms with Gasteiger partial charge in [0.15, 0.2) is 6.04 Å². The number of carbonyl (C=O) groups is 2. The normalized spacial score (nSPS) is 15.5. The van der Waals surface area contributed by atoms with Gasteiger partial charge in [0.05, 0.1) is 18.8 Å². The predicted molar refractivity (Wildman–Crippen MR) is 99.0 cm³/mol. The maximum atomic E-state index is 12.3. The molecule has 24 heavy (non-hydrogen) atoms. The van der Waals surface area contributed by atoms with Crippen molar-refractivity contribution in [2.45, 2.75) is 42.8 Å². The Labute approximate surface area is 155 Å². The number of terminal acetylenes is 1. The fourth-order valence-corrected chi connectivity index (χ4v) is 2.01. The number of amides is 1. The zero-order valence-corrected chi connectivity index (χ0v) is 15.7. The van der Waals surface area contributed by atoms with Gasteiger partial charge in [-0.05, 0) is 42.0 Å². The Morgan fingerprint density at radius 2 is 1.96 bits per heavy atom. The molecular formula is C17H21IN2O4. The molecule has 0 saturated heterocycles. The van der Waals surface area contributed by atoms with Crippen LogP contribution in [0.25, 0.3) is 0 Å². The maximum Gasteiger partial charge on any atom is 0.333 e. The Balaban J connectivity index is 2.76. The van der Waals surface area contributed by atoms with E-state index in [0.717, 1.165) is 5.56 Å². The highest BCUT2D eigenvalue weighted by Crippen LogP contribution is 2.10. The molecule has 3 N–H and O–H groups in total. The first-order chi connectivity index (χ1) is 11.3. The Bertz CT molecular complexity index is 586. The standard InChI is InChI=1S/C17H21IN2O4/c1-4-14(18)24-17(22)15(20-16(21)11(2)19)12(3)23-10-13-8-6-5-7-9-13/h1,5-9,11-12,14-15H,10,19H2,2-3H3,(H,20,21)/t11-,12+,14?,15-/m0/s1. The highest BCUT2D eigenvalue weighted by molar-refractivity contribution is 14.1. The molecule has 0 aromatic heterocycles. The van der Waals surface area contributed by atoms with Gasteiger partial charge in [-0.2, -0.15) is 0 Å². The first-order valence-electron chi connectivity index (χ1n) is 7.37. The van der Waals surface area contributed by atoms with E-state index in [1.807, 2.05) is 30.3 Å². The average molecular weight is 444 g/mol. The summed E-state index contributed by atoms with van der Waals surface area (Å²) in [6.07, 6.45) is 4.58. The minimum Gasteiger partial charge on any atom is -0.438 e. The van der Waals surface area contributed by atoms with E-state index in [-0.39, 0.29) is 0 Å². The number of rotatable bonds is 8. The molecule has 0 aliphatic heterocycles. The summed E-state index contributed by atoms with van der Waals surface area (Å²) < 4.78 is 10.1. The van der Waals surface area contributed by atoms with Crippen molar-refractivity contribution >= 4 is 34.5 Å². The summed E-state index contributed by atoms with van der Waals surface area (Å²) in [5.41, 5.74) is 6.49. The minimum absolute atomic E-state index is 0.294. The van der Waals surface area contributed by atoms with Gasteiger partial charge in [0.2, 0.25) is 10.0 Å². The van der Waals surface area contributed by atoms with E-state index in [0.29, 0.717) is 6.61 Å². The van der Waals surface area contributed by atoms with Gasteiger partial charge in [-0.15, -0.1) is 6.42 Å². The lowest BCUT2D eigenvalue weighted by molar-refractivity contribution is -0.152. The largest absolute Gasteiger partial charge is 0.438 e. The lowest BCUT2D eigenvalue weighted by atomic mass is 10.1. The summed E-state index contributed by atoms with van der Waals surface area (Å²) in [7, 11) is 0. The SMILES string of the molecule is C#CC(I)OC(=O)[C@@H](NC(=O)[C@H](C)N)[C@@H](C)OCc1ccccc1. The Hall–Kier alpha value is -1.63. The molecule has 1 aromatic rings. The fourth-order valence-electron chi connectivity index (χ4n) is 1.76. The first kappa shape index (κ1) is 20.4. The number of carbonyl (C=O) groups excluding carboxylic acids is 2. The highest BCUT2D eigenvalue weighted by atomic mass is 127. The summed E-state index contributed by atoms with van der Waals surface area (Å²) in [5, 5.41) is 2.55. The van der Waals surface area contributed by atoms with Crippen molar-refractivity contribution < 1.29 is 19.1 Å². The Morgan fingerprint density at radius 3 is 2.50 bits per heavy atom. The number of ether oxygens (including phenoxy) is 2. The van der Waals surface area contributed by atoms with Crippen molar-refractivity contribution in [2.24, 2.45) is 5.73 Å². The van der Waals surface area contributed by atoms with E-state index in [1.165, 1.54) is 6.92 Å². The molecule has 0 saturated carbocycles. The molecule has 7 heteroatoms. The molecule has 1 unspecified atom stereocenters. The molecular weight excluding hydrogens is 423 g/mol. The third-order valence-corrected chi connectivity index (χ3v) is 3.75. The highest BCUT2D eigenvalue weighted by Gasteiger charge is 2.31. The number of hydrogen-bond acceptors (Lipinski definition) is 5. The molecule has 0 heterocycles. The van der Waals surface area contributed by atoms with Gasteiger partial charge in [-0.25, -0.2) is 4.79 Å². The zero-order chi connectivity index (χ0) is 18.1. The van der Waals surface area contributed by atoms with Gasteiger partial charge in [0.25, 0.3) is 0 Å². The first-order valence-corrected chi connectivity index (χ1v) is 8.62. The average Bonchev–Trinajstić information content (AvgIpc) is 2.57. The molecule has 0 aliphatic carbocycles. The van der Waals surface area contributed by atoms with Crippen molar-refractivity contribution in [2.75, 3.05) is 0 Å². The van der Waals surface area contributed by atoms with Crippen LogP contribution in [0, 0.1) is 12.3 Å². The van der Waals surface area contributed by atoms with Crippen LogP contribution in [0.3, 0.4) is 0 Å². The van der Waals surface area contributed by atoms with Gasteiger partial charge >= 0.3 is 5.97 Å². The number of hydrogen-bond donors (Lipinski definition) is 2. The molecule has 1 aromatic carbocycles. The lowest BCUT2D eigenvalue weighted by Crippen LogP contribution is -2.53. The van der Waals surface area contributed by atoms with Crippen LogP contribution in [-0.2, 0) is 25.7 Å². The molecule has 0 bridgehead atoms. The second-order valence-corrected chi connectivity index (χ2v) is 6.33. The molecule has 4 atom stereocenters. The summed E-state index contributed by atoms with van der Waals surface area (Å²) in [5.74, 6) is 1.15. The quantitative estimate of drug-likeness (QED) is 0.274. The summed E-state index contributed by atoms with van der Waals surface area (Å²) in [4.78, 5) is 24.1. The van der Waals surface area contributed by atoms with Crippen molar-refractivity contribution in [3.8, 4) is 12.3 Å². The molecule has 0 aliphatic rings. The van der Waals surface area contributed by atoms with E-state index in [2.05, 4.69) is 11.2 Å². The van der Waals surface area contributed by atoms with Crippen LogP contribution < -0.4 is 11.1 Å². The van der Waals surface area contributed by atoms with Crippen LogP contribution in [0.5, 0.6) is 0 Å². The Kier molecular flexibility index (Phi) is 8.74. The third kappa shape index (κ3) is 6.86. The van der Waals surface area contributed by atoms with E-state index >= 15 is 0 Å². The van der Waals surface area contributed by atoms with Gasteiger partial charge in [-0.1, -0.05) is 36.3 Å². The van der Waals surface area contributed by atoms with Crippen molar-refractivity contribution in [1.82, 2.24) is 5.32 Å². The fraction of sp³-hybridized carbons (Fsp3) is 0.412. The van der Waals surface area contributed by atoms with E-state index in [9.17, 15) is 9.59 Å². The van der Waals surface area contributed by atoms with E-state index < -0.39 is 34.2 Å². The molecule has 0 spiro atoms. The smallest absolute Gasteiger partial charge is 0.333 e. The Morgan fingerprint density at radius 1 is 1.33 bits per heavy atom. The predicted octanol–water partition coefficient (Wildman–Crippen LogP) is 1.36. The molecule has 130 valence electrons. The van der Waals surface area contributed by atoms with Crippen LogP contribution >= 0.6 is 22.6 Å². The monoisotopic (exact) mass is 444 g/mol. The van der Waals surface area contributed by atoms with Gasteiger partial charge in [0, 0.05) is 0 Å². The van der Waals surface area contributed by atoms with Crippen LogP contribution in [0.1, 0.15) is 19.4 Å². The minimum atomic E-state index is -1.00. The molecule has 6 nitrogen and oxygen atoms in total. The number of alkyl halides is 1. The number of halogens is 1. The zero-order valence-electron chi connectivity index (χ0n) is 13.6. The number of benzene rings is 1. The summed E-state index contributed by atoms with van der Waals surface area (Å²) in [6.45, 7) is 3.49. The van der Waals surface area contributed by atoms with Gasteiger partial charge < -0.3 is 20.5 Å². The second kappa shape index (κ2) is 10.3. The molecule has 0 fully saturated rings. The van der Waals surface area contributed by atoms with Crippen LogP contribution in [0.4, 0.5) is 0 Å². The van der Waals surface area contributed by atoms with Gasteiger partial charge in [-0.3, -0.25) is 4.79 Å². The summed E-state index contributed by atoms with van der Waals surface area (Å²) >= 11 is 1.80. The molecule has 0 radical (unpaired) electrons. The van der Waals surface area contributed by atoms with E-state index in [1.54, 1.807) is 29.5 Å². The van der Waals surface area contributed by atoms with E-state index in [4.69, 9.17) is 21.6 Å². The summed E-state index contributed by atoms with van der Waals surface area (Å²) in [6, 6.07) is 7.72. The van der Waals surface area contributed by atoms with Gasteiger partial charge in [0.1, 0.15) is 0 Å². The van der Waals surface area contributed by atoms with Crippen molar-refractivity contribution in [1.29, 1.82) is 0 Å². The second-order valence-electron chi connectivity index (χ2n) is 5.20. The van der Waals surface area contributed by atoms with Crippen molar-refractivity contribution in [3.63, 3.8) is 0 Å². The molecule has 1 rings (SSSR count).